The summed E-state index contributed by atoms with van der Waals surface area (Å²) in [5.41, 5.74) is 0.672. The van der Waals surface area contributed by atoms with Crippen molar-refractivity contribution in [3.8, 4) is 0 Å². The quantitative estimate of drug-likeness (QED) is 0.801. The molecule has 4 nitrogen and oxygen atoms in total. The van der Waals surface area contributed by atoms with E-state index in [2.05, 4.69) is 27.5 Å². The second-order valence-corrected chi connectivity index (χ2v) is 8.41. The van der Waals surface area contributed by atoms with Crippen LogP contribution in [0.25, 0.3) is 0 Å². The molecular weight excluding hydrogens is 365 g/mol. The van der Waals surface area contributed by atoms with E-state index in [1.807, 2.05) is 0 Å². The van der Waals surface area contributed by atoms with Gasteiger partial charge in [-0.2, -0.15) is 0 Å². The first kappa shape index (κ1) is 17.8. The van der Waals surface area contributed by atoms with Gasteiger partial charge >= 0.3 is 0 Å². The standard InChI is InChI=1S/C21H23F3N4/c1-10-11-2-4-12(5-3-11)18(10)27-21-17(24)7-16(23)19(28-21)15-9-26-20-14(15)6-13(22)8-25-20/h6-8,10-12,15,18H,2-5,9H2,1H3,(H,25,26)(H,27,28)/t10-,11?,12?,15?,18?/m0/s1. The third-order valence-electron chi connectivity index (χ3n) is 6.96. The number of rotatable bonds is 3. The van der Waals surface area contributed by atoms with Crippen LogP contribution in [0.2, 0.25) is 0 Å². The molecule has 1 aliphatic heterocycles. The smallest absolute Gasteiger partial charge is 0.168 e. The van der Waals surface area contributed by atoms with Gasteiger partial charge < -0.3 is 10.6 Å². The van der Waals surface area contributed by atoms with Crippen molar-refractivity contribution in [1.29, 1.82) is 0 Å². The normalized spacial score (nSPS) is 30.8. The maximum atomic E-state index is 14.6. The Hall–Kier alpha value is -2.31. The Labute approximate surface area is 162 Å². The predicted octanol–water partition coefficient (Wildman–Crippen LogP) is 4.69. The average Bonchev–Trinajstić information content (AvgIpc) is 3.09. The summed E-state index contributed by atoms with van der Waals surface area (Å²) in [7, 11) is 0. The number of hydrogen-bond acceptors (Lipinski definition) is 4. The van der Waals surface area contributed by atoms with Crippen LogP contribution >= 0.6 is 0 Å². The van der Waals surface area contributed by atoms with Crippen LogP contribution in [0.1, 0.15) is 49.8 Å². The molecule has 0 amide bonds. The van der Waals surface area contributed by atoms with E-state index in [-0.39, 0.29) is 17.6 Å². The van der Waals surface area contributed by atoms with E-state index in [1.165, 1.54) is 18.9 Å². The fourth-order valence-corrected chi connectivity index (χ4v) is 5.41. The van der Waals surface area contributed by atoms with Gasteiger partial charge in [-0.3, -0.25) is 0 Å². The molecule has 3 heterocycles. The second kappa shape index (κ2) is 6.64. The molecule has 0 saturated heterocycles. The van der Waals surface area contributed by atoms with Gasteiger partial charge in [-0.15, -0.1) is 0 Å². The first-order chi connectivity index (χ1) is 13.5. The molecule has 0 aromatic carbocycles. The van der Waals surface area contributed by atoms with Gasteiger partial charge in [0.25, 0.3) is 0 Å². The van der Waals surface area contributed by atoms with Crippen molar-refractivity contribution < 1.29 is 13.2 Å². The maximum absolute atomic E-state index is 14.6. The Bertz CT molecular complexity index is 909. The van der Waals surface area contributed by atoms with Crippen LogP contribution in [-0.2, 0) is 0 Å². The van der Waals surface area contributed by atoms with E-state index in [0.29, 0.717) is 35.7 Å². The lowest BCUT2D eigenvalue weighted by atomic mass is 9.62. The van der Waals surface area contributed by atoms with E-state index in [4.69, 9.17) is 0 Å². The highest BCUT2D eigenvalue weighted by Gasteiger charge is 2.41. The number of pyridine rings is 2. The summed E-state index contributed by atoms with van der Waals surface area (Å²) in [5, 5.41) is 6.34. The van der Waals surface area contributed by atoms with E-state index in [1.54, 1.807) is 0 Å². The summed E-state index contributed by atoms with van der Waals surface area (Å²) < 4.78 is 42.8. The van der Waals surface area contributed by atoms with Gasteiger partial charge in [0.1, 0.15) is 17.5 Å². The van der Waals surface area contributed by atoms with Gasteiger partial charge in [0.2, 0.25) is 0 Å². The van der Waals surface area contributed by atoms with Crippen molar-refractivity contribution in [1.82, 2.24) is 9.97 Å². The van der Waals surface area contributed by atoms with Crippen LogP contribution in [0.5, 0.6) is 0 Å². The second-order valence-electron chi connectivity index (χ2n) is 8.41. The Morgan fingerprint density at radius 3 is 2.54 bits per heavy atom. The minimum absolute atomic E-state index is 0.0959. The Kier molecular flexibility index (Phi) is 4.21. The highest BCUT2D eigenvalue weighted by atomic mass is 19.1. The van der Waals surface area contributed by atoms with E-state index in [0.717, 1.165) is 25.1 Å². The molecule has 2 N–H and O–H groups in total. The van der Waals surface area contributed by atoms with Crippen LogP contribution in [0.15, 0.2) is 18.3 Å². The van der Waals surface area contributed by atoms with Crippen molar-refractivity contribution in [3.63, 3.8) is 0 Å². The Balaban J connectivity index is 1.48. The zero-order chi connectivity index (χ0) is 19.4. The van der Waals surface area contributed by atoms with E-state index in [9.17, 15) is 13.2 Å². The zero-order valence-corrected chi connectivity index (χ0v) is 15.7. The molecule has 2 unspecified atom stereocenters. The van der Waals surface area contributed by atoms with Gasteiger partial charge in [0.05, 0.1) is 17.8 Å². The number of nitrogens with one attached hydrogen (secondary N) is 2. The molecule has 2 aromatic rings. The summed E-state index contributed by atoms with van der Waals surface area (Å²) in [6.07, 6.45) is 5.88. The fourth-order valence-electron chi connectivity index (χ4n) is 5.41. The summed E-state index contributed by atoms with van der Waals surface area (Å²) in [6.45, 7) is 2.56. The van der Waals surface area contributed by atoms with Crippen molar-refractivity contribution in [2.75, 3.05) is 17.2 Å². The number of halogens is 3. The summed E-state index contributed by atoms with van der Waals surface area (Å²) in [6, 6.07) is 2.38. The summed E-state index contributed by atoms with van der Waals surface area (Å²) in [4.78, 5) is 8.35. The summed E-state index contributed by atoms with van der Waals surface area (Å²) >= 11 is 0. The molecule has 2 bridgehead atoms. The minimum atomic E-state index is -0.717. The maximum Gasteiger partial charge on any atom is 0.168 e. The topological polar surface area (TPSA) is 49.8 Å². The van der Waals surface area contributed by atoms with Gasteiger partial charge in [0, 0.05) is 24.2 Å². The number of aromatic nitrogens is 2. The molecule has 7 heteroatoms. The Morgan fingerprint density at radius 1 is 1.04 bits per heavy atom. The number of hydrogen-bond donors (Lipinski definition) is 2. The van der Waals surface area contributed by atoms with E-state index >= 15 is 0 Å². The lowest BCUT2D eigenvalue weighted by Crippen LogP contribution is -2.47. The van der Waals surface area contributed by atoms with Crippen LogP contribution in [0.3, 0.4) is 0 Å². The summed E-state index contributed by atoms with van der Waals surface area (Å²) in [5.74, 6) is -0.173. The zero-order valence-electron chi connectivity index (χ0n) is 15.7. The molecular formula is C21H23F3N4. The predicted molar refractivity (Wildman–Crippen MR) is 101 cm³/mol. The van der Waals surface area contributed by atoms with Gasteiger partial charge in [-0.25, -0.2) is 23.1 Å². The van der Waals surface area contributed by atoms with Crippen molar-refractivity contribution in [3.05, 3.63) is 47.0 Å². The molecule has 4 aliphatic rings. The minimum Gasteiger partial charge on any atom is -0.369 e. The third-order valence-corrected chi connectivity index (χ3v) is 6.96. The van der Waals surface area contributed by atoms with Crippen LogP contribution < -0.4 is 10.6 Å². The van der Waals surface area contributed by atoms with Crippen molar-refractivity contribution >= 4 is 11.6 Å². The van der Waals surface area contributed by atoms with Crippen molar-refractivity contribution in [2.45, 2.75) is 44.6 Å². The number of anilines is 2. The first-order valence-corrected chi connectivity index (χ1v) is 10.0. The molecule has 3 aliphatic carbocycles. The highest BCUT2D eigenvalue weighted by Crippen LogP contribution is 2.46. The molecule has 6 rings (SSSR count). The molecule has 0 radical (unpaired) electrons. The SMILES string of the molecule is C[C@H]1C2CCC(CC2)C1Nc1nc(C2CNc3ncc(F)cc32)c(F)cc1F. The van der Waals surface area contributed by atoms with Crippen molar-refractivity contribution in [2.24, 2.45) is 17.8 Å². The molecule has 3 fully saturated rings. The number of nitrogens with zero attached hydrogens (tertiary/aromatic N) is 2. The fraction of sp³-hybridized carbons (Fsp3) is 0.524. The molecule has 28 heavy (non-hydrogen) atoms. The van der Waals surface area contributed by atoms with Gasteiger partial charge in [-0.1, -0.05) is 6.92 Å². The Morgan fingerprint density at radius 2 is 1.79 bits per heavy atom. The number of fused-ring (bicyclic) bond motifs is 4. The van der Waals surface area contributed by atoms with Crippen LogP contribution in [-0.4, -0.2) is 22.6 Å². The average molecular weight is 388 g/mol. The highest BCUT2D eigenvalue weighted by molar-refractivity contribution is 5.56. The van der Waals surface area contributed by atoms with E-state index < -0.39 is 23.4 Å². The van der Waals surface area contributed by atoms with Crippen LogP contribution in [0, 0.1) is 35.2 Å². The van der Waals surface area contributed by atoms with Gasteiger partial charge in [-0.05, 0) is 49.5 Å². The molecule has 0 spiro atoms. The van der Waals surface area contributed by atoms with Crippen LogP contribution in [0.4, 0.5) is 24.8 Å². The molecule has 148 valence electrons. The van der Waals surface area contributed by atoms with Gasteiger partial charge in [0.15, 0.2) is 11.6 Å². The first-order valence-electron chi connectivity index (χ1n) is 10.0. The monoisotopic (exact) mass is 388 g/mol. The lowest BCUT2D eigenvalue weighted by molar-refractivity contribution is 0.0926. The molecule has 2 aromatic heterocycles. The molecule has 3 atom stereocenters. The largest absolute Gasteiger partial charge is 0.369 e. The lowest BCUT2D eigenvalue weighted by Gasteiger charge is -2.47. The third kappa shape index (κ3) is 2.83. The molecule has 3 saturated carbocycles.